The summed E-state index contributed by atoms with van der Waals surface area (Å²) in [6.45, 7) is 5.54. The molecule has 174 valence electrons. The van der Waals surface area contributed by atoms with Gasteiger partial charge in [0.05, 0.1) is 17.6 Å². The Labute approximate surface area is 190 Å². The summed E-state index contributed by atoms with van der Waals surface area (Å²) in [5.41, 5.74) is 6.38. The minimum Gasteiger partial charge on any atom is -0.482 e. The maximum Gasteiger partial charge on any atom is 0.341 e. The van der Waals surface area contributed by atoms with Crippen LogP contribution in [0.4, 0.5) is 5.69 Å². The molecule has 0 bridgehead atoms. The van der Waals surface area contributed by atoms with Crippen LogP contribution in [-0.2, 0) is 21.2 Å². The molecule has 1 aromatic heterocycles. The van der Waals surface area contributed by atoms with Crippen molar-refractivity contribution in [1.82, 2.24) is 4.98 Å². The molecule has 1 heterocycles. The van der Waals surface area contributed by atoms with E-state index in [0.717, 1.165) is 65.6 Å². The van der Waals surface area contributed by atoms with Crippen LogP contribution < -0.4 is 9.46 Å². The van der Waals surface area contributed by atoms with E-state index < -0.39 is 16.0 Å². The molecule has 1 fully saturated rings. The van der Waals surface area contributed by atoms with Crippen LogP contribution in [0.25, 0.3) is 0 Å². The zero-order valence-electron chi connectivity index (χ0n) is 19.2. The molecule has 8 heteroatoms. The Morgan fingerprint density at radius 3 is 2.47 bits per heavy atom. The van der Waals surface area contributed by atoms with Crippen LogP contribution in [0.1, 0.15) is 71.7 Å². The molecule has 7 nitrogen and oxygen atoms in total. The zero-order chi connectivity index (χ0) is 23.5. The lowest BCUT2D eigenvalue weighted by Crippen LogP contribution is -2.16. The van der Waals surface area contributed by atoms with E-state index in [2.05, 4.69) is 4.72 Å². The number of benzene rings is 1. The summed E-state index contributed by atoms with van der Waals surface area (Å²) in [4.78, 5) is 15.8. The van der Waals surface area contributed by atoms with Gasteiger partial charge in [-0.2, -0.15) is 0 Å². The van der Waals surface area contributed by atoms with E-state index in [1.54, 1.807) is 0 Å². The summed E-state index contributed by atoms with van der Waals surface area (Å²) in [7, 11) is -3.39. The van der Waals surface area contributed by atoms with Crippen molar-refractivity contribution in [2.24, 2.45) is 0 Å². The van der Waals surface area contributed by atoms with Gasteiger partial charge >= 0.3 is 5.97 Å². The van der Waals surface area contributed by atoms with Crippen molar-refractivity contribution in [3.05, 3.63) is 51.8 Å². The van der Waals surface area contributed by atoms with Crippen LogP contribution in [0.15, 0.2) is 18.2 Å². The number of nitrogens with one attached hydrogen (secondary N) is 1. The first kappa shape index (κ1) is 24.0. The second-order valence-electron chi connectivity index (χ2n) is 8.72. The van der Waals surface area contributed by atoms with Gasteiger partial charge in [-0.05, 0) is 74.1 Å². The molecule has 0 amide bonds. The quantitative estimate of drug-likeness (QED) is 0.602. The highest BCUT2D eigenvalue weighted by molar-refractivity contribution is 7.92. The second kappa shape index (κ2) is 9.90. The minimum absolute atomic E-state index is 0.253. The van der Waals surface area contributed by atoms with Gasteiger partial charge in [0.25, 0.3) is 0 Å². The molecule has 0 unspecified atom stereocenters. The third-order valence-corrected chi connectivity index (χ3v) is 6.78. The average Bonchev–Trinajstić information content (AvgIpc) is 2.73. The molecule has 1 aromatic carbocycles. The summed E-state index contributed by atoms with van der Waals surface area (Å²) < 4.78 is 31.8. The maximum atomic E-state index is 11.9. The van der Waals surface area contributed by atoms with Gasteiger partial charge in [0.15, 0.2) is 6.61 Å². The third kappa shape index (κ3) is 6.00. The number of sulfonamides is 1. The van der Waals surface area contributed by atoms with Crippen molar-refractivity contribution < 1.29 is 23.1 Å². The number of aliphatic carboxylic acids is 1. The van der Waals surface area contributed by atoms with Crippen LogP contribution in [0.2, 0.25) is 0 Å². The number of anilines is 1. The van der Waals surface area contributed by atoms with Crippen molar-refractivity contribution in [2.45, 2.75) is 65.2 Å². The summed E-state index contributed by atoms with van der Waals surface area (Å²) in [6, 6.07) is 5.58. The fraction of sp³-hybridized carbons (Fsp3) is 0.500. The van der Waals surface area contributed by atoms with Crippen molar-refractivity contribution in [3.8, 4) is 5.75 Å². The Morgan fingerprint density at radius 1 is 1.16 bits per heavy atom. The lowest BCUT2D eigenvalue weighted by molar-refractivity contribution is -0.139. The van der Waals surface area contributed by atoms with Crippen molar-refractivity contribution in [2.75, 3.05) is 17.6 Å². The Kier molecular flexibility index (Phi) is 7.44. The number of ether oxygens (including phenoxy) is 1. The molecule has 0 saturated heterocycles. The topological polar surface area (TPSA) is 106 Å². The SMILES string of the molecule is Cc1cc(OCC(=O)O)c(C)c(C)c1Cc1ccc(NS(C)(=O)=O)c(C2CCCCC2)n1. The van der Waals surface area contributed by atoms with Crippen molar-refractivity contribution in [3.63, 3.8) is 0 Å². The van der Waals surface area contributed by atoms with Crippen LogP contribution in [0.5, 0.6) is 5.75 Å². The highest BCUT2D eigenvalue weighted by Gasteiger charge is 2.22. The van der Waals surface area contributed by atoms with Gasteiger partial charge in [-0.3, -0.25) is 9.71 Å². The molecule has 2 aromatic rings. The van der Waals surface area contributed by atoms with Crippen LogP contribution in [-0.4, -0.2) is 37.3 Å². The van der Waals surface area contributed by atoms with Gasteiger partial charge in [-0.1, -0.05) is 19.3 Å². The van der Waals surface area contributed by atoms with Crippen molar-refractivity contribution in [1.29, 1.82) is 0 Å². The van der Waals surface area contributed by atoms with E-state index in [1.807, 2.05) is 39.0 Å². The standard InChI is InChI=1S/C24H32N2O5S/c1-15-12-22(31-14-23(27)28)17(3)16(2)20(15)13-19-10-11-21(26-32(4,29)30)24(25-19)18-8-6-5-7-9-18/h10-12,18,26H,5-9,13-14H2,1-4H3,(H,27,28). The fourth-order valence-corrected chi connectivity index (χ4v) is 5.00. The highest BCUT2D eigenvalue weighted by atomic mass is 32.2. The molecule has 0 atom stereocenters. The Balaban J connectivity index is 1.94. The molecule has 1 aliphatic rings. The first-order chi connectivity index (χ1) is 15.0. The number of pyridine rings is 1. The molecule has 0 radical (unpaired) electrons. The predicted octanol–water partition coefficient (Wildman–Crippen LogP) is 4.48. The first-order valence-corrected chi connectivity index (χ1v) is 12.9. The molecular formula is C24H32N2O5S. The zero-order valence-corrected chi connectivity index (χ0v) is 20.0. The van der Waals surface area contributed by atoms with Gasteiger partial charge in [-0.15, -0.1) is 0 Å². The second-order valence-corrected chi connectivity index (χ2v) is 10.5. The normalized spacial score (nSPS) is 14.9. The molecule has 1 saturated carbocycles. The van der Waals surface area contributed by atoms with Gasteiger partial charge in [0.1, 0.15) is 5.75 Å². The molecule has 3 rings (SSSR count). The van der Waals surface area contributed by atoms with E-state index >= 15 is 0 Å². The number of aryl methyl sites for hydroxylation is 1. The smallest absolute Gasteiger partial charge is 0.341 e. The molecule has 0 spiro atoms. The van der Waals surface area contributed by atoms with Gasteiger partial charge in [0.2, 0.25) is 10.0 Å². The molecule has 0 aliphatic heterocycles. The Hall–Kier alpha value is -2.61. The van der Waals surface area contributed by atoms with Crippen LogP contribution in [0, 0.1) is 20.8 Å². The average molecular weight is 461 g/mol. The first-order valence-electron chi connectivity index (χ1n) is 11.0. The molecular weight excluding hydrogens is 428 g/mol. The Morgan fingerprint density at radius 2 is 1.84 bits per heavy atom. The van der Waals surface area contributed by atoms with Crippen LogP contribution in [0.3, 0.4) is 0 Å². The number of hydrogen-bond acceptors (Lipinski definition) is 5. The number of carbonyl (C=O) groups is 1. The number of aromatic nitrogens is 1. The number of rotatable bonds is 8. The summed E-state index contributed by atoms with van der Waals surface area (Å²) >= 11 is 0. The molecule has 32 heavy (non-hydrogen) atoms. The lowest BCUT2D eigenvalue weighted by atomic mass is 9.86. The maximum absolute atomic E-state index is 11.9. The van der Waals surface area contributed by atoms with E-state index in [1.165, 1.54) is 6.42 Å². The predicted molar refractivity (Wildman–Crippen MR) is 125 cm³/mol. The number of carboxylic acids is 1. The number of nitrogens with zero attached hydrogens (tertiary/aromatic N) is 1. The monoisotopic (exact) mass is 460 g/mol. The molecule has 2 N–H and O–H groups in total. The summed E-state index contributed by atoms with van der Waals surface area (Å²) in [5.74, 6) is -0.176. The van der Waals surface area contributed by atoms with Gasteiger partial charge < -0.3 is 9.84 Å². The number of carboxylic acid groups (broad SMARTS) is 1. The molecule has 1 aliphatic carbocycles. The Bertz CT molecular complexity index is 1110. The lowest BCUT2D eigenvalue weighted by Gasteiger charge is -2.24. The van der Waals surface area contributed by atoms with Gasteiger partial charge in [-0.25, -0.2) is 13.2 Å². The van der Waals surface area contributed by atoms with Crippen LogP contribution >= 0.6 is 0 Å². The van der Waals surface area contributed by atoms with E-state index in [4.69, 9.17) is 14.8 Å². The van der Waals surface area contributed by atoms with E-state index in [-0.39, 0.29) is 12.5 Å². The highest BCUT2D eigenvalue weighted by Crippen LogP contribution is 2.36. The summed E-state index contributed by atoms with van der Waals surface area (Å²) in [6.07, 6.45) is 7.27. The largest absolute Gasteiger partial charge is 0.482 e. The number of hydrogen-bond donors (Lipinski definition) is 2. The minimum atomic E-state index is -3.39. The fourth-order valence-electron chi connectivity index (χ4n) is 4.43. The van der Waals surface area contributed by atoms with E-state index in [9.17, 15) is 13.2 Å². The summed E-state index contributed by atoms with van der Waals surface area (Å²) in [5, 5.41) is 8.90. The van der Waals surface area contributed by atoms with Crippen molar-refractivity contribution >= 4 is 21.7 Å². The van der Waals surface area contributed by atoms with Gasteiger partial charge in [0, 0.05) is 18.0 Å². The van der Waals surface area contributed by atoms with E-state index in [0.29, 0.717) is 17.9 Å². The third-order valence-electron chi connectivity index (χ3n) is 6.19.